The lowest BCUT2D eigenvalue weighted by molar-refractivity contribution is -0.121. The van der Waals surface area contributed by atoms with Crippen molar-refractivity contribution in [2.24, 2.45) is 0 Å². The van der Waals surface area contributed by atoms with Crippen LogP contribution in [0.1, 0.15) is 39.6 Å². The zero-order valence-electron chi connectivity index (χ0n) is 18.8. The molecule has 33 heavy (non-hydrogen) atoms. The van der Waals surface area contributed by atoms with Crippen LogP contribution in [0.5, 0.6) is 5.75 Å². The summed E-state index contributed by atoms with van der Waals surface area (Å²) in [6.07, 6.45) is 0.878. The number of hydrogen-bond acceptors (Lipinski definition) is 6. The molecule has 2 aliphatic rings. The van der Waals surface area contributed by atoms with Gasteiger partial charge in [0.15, 0.2) is 12.4 Å². The van der Waals surface area contributed by atoms with Crippen molar-refractivity contribution in [3.05, 3.63) is 59.2 Å². The number of fused-ring (bicyclic) bond motifs is 1. The van der Waals surface area contributed by atoms with Gasteiger partial charge in [0.25, 0.3) is 11.8 Å². The van der Waals surface area contributed by atoms with E-state index in [1.807, 2.05) is 12.1 Å². The molecule has 2 heterocycles. The van der Waals surface area contributed by atoms with Gasteiger partial charge in [-0.15, -0.1) is 0 Å². The Hall–Kier alpha value is -3.23. The number of benzene rings is 2. The van der Waals surface area contributed by atoms with Crippen molar-refractivity contribution >= 4 is 23.3 Å². The highest BCUT2D eigenvalue weighted by Gasteiger charge is 2.26. The lowest BCUT2D eigenvalue weighted by Gasteiger charge is -2.30. The van der Waals surface area contributed by atoms with E-state index in [2.05, 4.69) is 10.2 Å². The maximum Gasteiger partial charge on any atom is 0.265 e. The van der Waals surface area contributed by atoms with Crippen LogP contribution in [-0.4, -0.2) is 68.5 Å². The minimum atomic E-state index is -0.193. The Balaban J connectivity index is 1.39. The Kier molecular flexibility index (Phi) is 7.36. The van der Waals surface area contributed by atoms with E-state index in [9.17, 15) is 14.4 Å². The van der Waals surface area contributed by atoms with E-state index in [-0.39, 0.29) is 30.7 Å². The Morgan fingerprint density at radius 3 is 2.67 bits per heavy atom. The van der Waals surface area contributed by atoms with Gasteiger partial charge in [-0.25, -0.2) is 0 Å². The summed E-state index contributed by atoms with van der Waals surface area (Å²) >= 11 is 0. The smallest absolute Gasteiger partial charge is 0.265 e. The average Bonchev–Trinajstić information content (AvgIpc) is 2.84. The van der Waals surface area contributed by atoms with Crippen molar-refractivity contribution in [2.45, 2.75) is 19.9 Å². The van der Waals surface area contributed by atoms with Crippen molar-refractivity contribution < 1.29 is 23.9 Å². The molecule has 2 amide bonds. The fourth-order valence-electron chi connectivity index (χ4n) is 4.02. The SMILES string of the molecule is CC(=O)c1ccc2c(c1)N(Cc1cccc(C(=O)NCCCN3CCOCC3)c1)C(=O)CO2. The third-order valence-electron chi connectivity index (χ3n) is 5.88. The third-order valence-corrected chi connectivity index (χ3v) is 5.88. The molecule has 0 spiro atoms. The van der Waals surface area contributed by atoms with Gasteiger partial charge in [-0.3, -0.25) is 19.3 Å². The molecule has 174 valence electrons. The summed E-state index contributed by atoms with van der Waals surface area (Å²) in [6.45, 7) is 6.66. The summed E-state index contributed by atoms with van der Waals surface area (Å²) in [6, 6.07) is 12.4. The normalized spacial score (nSPS) is 16.2. The lowest BCUT2D eigenvalue weighted by Crippen LogP contribution is -2.38. The van der Waals surface area contributed by atoms with Crippen LogP contribution in [0.2, 0.25) is 0 Å². The first-order chi connectivity index (χ1) is 16.0. The first-order valence-corrected chi connectivity index (χ1v) is 11.3. The number of Topliss-reactive ketones (excluding diaryl/α,β-unsaturated/α-hetero) is 1. The maximum absolute atomic E-state index is 12.6. The summed E-state index contributed by atoms with van der Waals surface area (Å²) < 4.78 is 10.9. The van der Waals surface area contributed by atoms with Crippen LogP contribution in [-0.2, 0) is 16.1 Å². The van der Waals surface area contributed by atoms with Gasteiger partial charge in [-0.05, 0) is 55.8 Å². The van der Waals surface area contributed by atoms with Crippen LogP contribution in [0.4, 0.5) is 5.69 Å². The van der Waals surface area contributed by atoms with Gasteiger partial charge in [0.2, 0.25) is 0 Å². The van der Waals surface area contributed by atoms with Crippen LogP contribution < -0.4 is 15.0 Å². The molecule has 2 aromatic carbocycles. The fraction of sp³-hybridized carbons (Fsp3) is 0.400. The minimum absolute atomic E-state index is 0.0598. The number of nitrogens with one attached hydrogen (secondary N) is 1. The highest BCUT2D eigenvalue weighted by atomic mass is 16.5. The second-order valence-corrected chi connectivity index (χ2v) is 8.27. The first-order valence-electron chi connectivity index (χ1n) is 11.3. The second-order valence-electron chi connectivity index (χ2n) is 8.27. The van der Waals surface area contributed by atoms with E-state index in [4.69, 9.17) is 9.47 Å². The first kappa shape index (κ1) is 22.9. The number of carbonyl (C=O) groups excluding carboxylic acids is 3. The van der Waals surface area contributed by atoms with Crippen molar-refractivity contribution in [3.8, 4) is 5.75 Å². The van der Waals surface area contributed by atoms with Gasteiger partial charge in [0.05, 0.1) is 25.4 Å². The number of nitrogens with zero attached hydrogens (tertiary/aromatic N) is 2. The Morgan fingerprint density at radius 1 is 1.06 bits per heavy atom. The van der Waals surface area contributed by atoms with Gasteiger partial charge in [0, 0.05) is 30.8 Å². The zero-order valence-corrected chi connectivity index (χ0v) is 18.8. The average molecular weight is 452 g/mol. The molecule has 2 aromatic rings. The summed E-state index contributed by atoms with van der Waals surface area (Å²) in [4.78, 5) is 41.0. The van der Waals surface area contributed by atoms with E-state index in [1.54, 1.807) is 35.2 Å². The van der Waals surface area contributed by atoms with Crippen LogP contribution in [0, 0.1) is 0 Å². The minimum Gasteiger partial charge on any atom is -0.482 e. The summed E-state index contributed by atoms with van der Waals surface area (Å²) in [5.41, 5.74) is 2.46. The summed E-state index contributed by atoms with van der Waals surface area (Å²) in [5.74, 6) is 0.157. The third kappa shape index (κ3) is 5.77. The molecule has 8 heteroatoms. The number of morpholine rings is 1. The number of hydrogen-bond donors (Lipinski definition) is 1. The monoisotopic (exact) mass is 451 g/mol. The molecule has 0 unspecified atom stereocenters. The van der Waals surface area contributed by atoms with E-state index in [0.29, 0.717) is 29.1 Å². The summed E-state index contributed by atoms with van der Waals surface area (Å²) in [5, 5.41) is 2.98. The van der Waals surface area contributed by atoms with Crippen molar-refractivity contribution in [1.29, 1.82) is 0 Å². The largest absolute Gasteiger partial charge is 0.482 e. The molecule has 1 N–H and O–H groups in total. The molecule has 2 aliphatic heterocycles. The van der Waals surface area contributed by atoms with Gasteiger partial charge in [-0.2, -0.15) is 0 Å². The van der Waals surface area contributed by atoms with Gasteiger partial charge in [-0.1, -0.05) is 12.1 Å². The van der Waals surface area contributed by atoms with Crippen molar-refractivity contribution in [1.82, 2.24) is 10.2 Å². The van der Waals surface area contributed by atoms with Gasteiger partial charge in [0.1, 0.15) is 5.75 Å². The molecule has 1 fully saturated rings. The van der Waals surface area contributed by atoms with Gasteiger partial charge < -0.3 is 19.7 Å². The molecule has 8 nitrogen and oxygen atoms in total. The molecule has 0 aliphatic carbocycles. The molecule has 0 aromatic heterocycles. The molecular weight excluding hydrogens is 422 g/mol. The molecule has 0 saturated carbocycles. The second kappa shape index (κ2) is 10.6. The van der Waals surface area contributed by atoms with Crippen molar-refractivity contribution in [2.75, 3.05) is 50.9 Å². The molecule has 4 rings (SSSR count). The fourth-order valence-corrected chi connectivity index (χ4v) is 4.02. The Morgan fingerprint density at radius 2 is 1.88 bits per heavy atom. The lowest BCUT2D eigenvalue weighted by atomic mass is 10.1. The van der Waals surface area contributed by atoms with E-state index in [1.165, 1.54) is 6.92 Å². The molecule has 1 saturated heterocycles. The van der Waals surface area contributed by atoms with E-state index in [0.717, 1.165) is 44.8 Å². The molecular formula is C25H29N3O5. The van der Waals surface area contributed by atoms with E-state index < -0.39 is 0 Å². The predicted molar refractivity (Wildman–Crippen MR) is 124 cm³/mol. The van der Waals surface area contributed by atoms with E-state index >= 15 is 0 Å². The highest BCUT2D eigenvalue weighted by Crippen LogP contribution is 2.34. The zero-order chi connectivity index (χ0) is 23.2. The number of ether oxygens (including phenoxy) is 2. The molecule has 0 bridgehead atoms. The Labute approximate surface area is 193 Å². The number of ketones is 1. The van der Waals surface area contributed by atoms with Crippen LogP contribution >= 0.6 is 0 Å². The standard InChI is InChI=1S/C25H29N3O5/c1-18(29)20-6-7-23-22(15-20)28(24(30)17-33-23)16-19-4-2-5-21(14-19)25(31)26-8-3-9-27-10-12-32-13-11-27/h2,4-7,14-15H,3,8-13,16-17H2,1H3,(H,26,31). The number of amides is 2. The Bertz CT molecular complexity index is 1030. The maximum atomic E-state index is 12.6. The number of rotatable bonds is 8. The molecule has 0 atom stereocenters. The number of carbonyl (C=O) groups is 3. The summed E-state index contributed by atoms with van der Waals surface area (Å²) in [7, 11) is 0. The highest BCUT2D eigenvalue weighted by molar-refractivity contribution is 6.01. The quantitative estimate of drug-likeness (QED) is 0.489. The van der Waals surface area contributed by atoms with Crippen molar-refractivity contribution in [3.63, 3.8) is 0 Å². The van der Waals surface area contributed by atoms with Crippen LogP contribution in [0.3, 0.4) is 0 Å². The topological polar surface area (TPSA) is 88.2 Å². The van der Waals surface area contributed by atoms with Crippen LogP contribution in [0.15, 0.2) is 42.5 Å². The molecule has 0 radical (unpaired) electrons. The predicted octanol–water partition coefficient (Wildman–Crippen LogP) is 2.27. The number of anilines is 1. The van der Waals surface area contributed by atoms with Gasteiger partial charge >= 0.3 is 0 Å². The van der Waals surface area contributed by atoms with Crippen LogP contribution in [0.25, 0.3) is 0 Å².